The van der Waals surface area contributed by atoms with Crippen LogP contribution in [0.25, 0.3) is 11.3 Å². The smallest absolute Gasteiger partial charge is 0.254 e. The van der Waals surface area contributed by atoms with E-state index < -0.39 is 17.5 Å². The minimum atomic E-state index is -0.803. The molecule has 30 heavy (non-hydrogen) atoms. The van der Waals surface area contributed by atoms with Crippen molar-refractivity contribution >= 4 is 11.7 Å². The predicted octanol–water partition coefficient (Wildman–Crippen LogP) is 3.23. The number of ether oxygens (including phenoxy) is 1. The number of piperidine rings is 1. The molecule has 0 bridgehead atoms. The van der Waals surface area contributed by atoms with Crippen LogP contribution in [0.5, 0.6) is 11.5 Å². The number of carbonyl (C=O) groups is 1. The van der Waals surface area contributed by atoms with Crippen LogP contribution < -0.4 is 21.5 Å². The molecule has 0 unspecified atom stereocenters. The van der Waals surface area contributed by atoms with Gasteiger partial charge in [-0.15, -0.1) is 0 Å². The van der Waals surface area contributed by atoms with Gasteiger partial charge in [0.05, 0.1) is 6.04 Å². The summed E-state index contributed by atoms with van der Waals surface area (Å²) in [5.41, 5.74) is 12.9. The van der Waals surface area contributed by atoms with E-state index in [1.807, 2.05) is 0 Å². The topological polar surface area (TPSA) is 108 Å². The zero-order valence-corrected chi connectivity index (χ0v) is 16.1. The fourth-order valence-corrected chi connectivity index (χ4v) is 3.58. The lowest BCUT2D eigenvalue weighted by Crippen LogP contribution is -2.32. The van der Waals surface area contributed by atoms with E-state index in [1.165, 1.54) is 6.07 Å². The monoisotopic (exact) mass is 413 g/mol. The third kappa shape index (κ3) is 3.84. The second-order valence-corrected chi connectivity index (χ2v) is 7.12. The average molecular weight is 413 g/mol. The highest BCUT2D eigenvalue weighted by Gasteiger charge is 2.26. The maximum atomic E-state index is 13.8. The van der Waals surface area contributed by atoms with Crippen LogP contribution in [0.2, 0.25) is 0 Å². The first-order valence-electron chi connectivity index (χ1n) is 9.56. The minimum absolute atomic E-state index is 0.0367. The number of nitrogen functional groups attached to an aromatic ring is 1. The Labute approximate surface area is 171 Å². The number of aromatic nitrogens is 2. The van der Waals surface area contributed by atoms with Gasteiger partial charge in [0, 0.05) is 18.2 Å². The SMILES string of the molecule is NC(=O)c1c(-c2ccc(Oc3ccc(F)cc3F)cc2)nn([C@H]2CCCNC2)c1N. The van der Waals surface area contributed by atoms with E-state index in [0.29, 0.717) is 23.6 Å². The number of nitrogens with zero attached hydrogens (tertiary/aromatic N) is 2. The average Bonchev–Trinajstić information content (AvgIpc) is 3.09. The summed E-state index contributed by atoms with van der Waals surface area (Å²) < 4.78 is 34.0. The summed E-state index contributed by atoms with van der Waals surface area (Å²) in [4.78, 5) is 12.1. The summed E-state index contributed by atoms with van der Waals surface area (Å²) >= 11 is 0. The highest BCUT2D eigenvalue weighted by molar-refractivity contribution is 6.03. The molecule has 0 radical (unpaired) electrons. The van der Waals surface area contributed by atoms with Crippen LogP contribution in [0.1, 0.15) is 29.2 Å². The van der Waals surface area contributed by atoms with Gasteiger partial charge in [0.2, 0.25) is 0 Å². The molecule has 1 aliphatic rings. The molecule has 9 heteroatoms. The zero-order valence-electron chi connectivity index (χ0n) is 16.1. The van der Waals surface area contributed by atoms with Crippen molar-refractivity contribution in [1.82, 2.24) is 15.1 Å². The quantitative estimate of drug-likeness (QED) is 0.595. The largest absolute Gasteiger partial charge is 0.454 e. The lowest BCUT2D eigenvalue weighted by molar-refractivity contribution is 0.100. The number of amides is 1. The van der Waals surface area contributed by atoms with Crippen molar-refractivity contribution in [2.75, 3.05) is 18.8 Å². The Balaban J connectivity index is 1.64. The maximum Gasteiger partial charge on any atom is 0.254 e. The van der Waals surface area contributed by atoms with Gasteiger partial charge in [0.1, 0.15) is 28.6 Å². The van der Waals surface area contributed by atoms with Gasteiger partial charge in [0.25, 0.3) is 5.91 Å². The van der Waals surface area contributed by atoms with Crippen LogP contribution in [0.15, 0.2) is 42.5 Å². The summed E-state index contributed by atoms with van der Waals surface area (Å²) in [6.45, 7) is 1.64. The molecule has 1 saturated heterocycles. The molecule has 156 valence electrons. The molecule has 5 N–H and O–H groups in total. The second kappa shape index (κ2) is 8.11. The number of hydrogen-bond acceptors (Lipinski definition) is 5. The van der Waals surface area contributed by atoms with Crippen molar-refractivity contribution in [2.45, 2.75) is 18.9 Å². The molecular weight excluding hydrogens is 392 g/mol. The molecule has 0 aliphatic carbocycles. The van der Waals surface area contributed by atoms with Crippen molar-refractivity contribution in [2.24, 2.45) is 5.73 Å². The lowest BCUT2D eigenvalue weighted by atomic mass is 10.1. The summed E-state index contributed by atoms with van der Waals surface area (Å²) in [5.74, 6) is -1.67. The predicted molar refractivity (Wildman–Crippen MR) is 108 cm³/mol. The molecule has 0 spiro atoms. The number of rotatable bonds is 5. The number of benzene rings is 2. The Morgan fingerprint density at radius 1 is 1.20 bits per heavy atom. The Morgan fingerprint density at radius 3 is 2.60 bits per heavy atom. The highest BCUT2D eigenvalue weighted by Crippen LogP contribution is 2.32. The van der Waals surface area contributed by atoms with E-state index in [1.54, 1.807) is 28.9 Å². The van der Waals surface area contributed by atoms with Crippen molar-refractivity contribution in [1.29, 1.82) is 0 Å². The van der Waals surface area contributed by atoms with Crippen LogP contribution in [0.4, 0.5) is 14.6 Å². The number of primary amides is 1. The van der Waals surface area contributed by atoms with Crippen LogP contribution in [0, 0.1) is 11.6 Å². The number of anilines is 1. The van der Waals surface area contributed by atoms with Crippen molar-refractivity contribution in [3.05, 3.63) is 59.7 Å². The van der Waals surface area contributed by atoms with Crippen LogP contribution in [0.3, 0.4) is 0 Å². The van der Waals surface area contributed by atoms with Gasteiger partial charge in [-0.3, -0.25) is 4.79 Å². The number of halogens is 2. The molecule has 1 fully saturated rings. The van der Waals surface area contributed by atoms with Gasteiger partial charge >= 0.3 is 0 Å². The molecule has 1 aromatic heterocycles. The third-order valence-corrected chi connectivity index (χ3v) is 5.06. The Bertz CT molecular complexity index is 1080. The number of nitrogens with two attached hydrogens (primary N) is 2. The molecule has 0 saturated carbocycles. The number of hydrogen-bond donors (Lipinski definition) is 3. The molecule has 2 aromatic carbocycles. The van der Waals surface area contributed by atoms with Crippen molar-refractivity contribution in [3.63, 3.8) is 0 Å². The van der Waals surface area contributed by atoms with E-state index in [2.05, 4.69) is 10.4 Å². The maximum absolute atomic E-state index is 13.8. The summed E-state index contributed by atoms with van der Waals surface area (Å²) in [6.07, 6.45) is 1.88. The Morgan fingerprint density at radius 2 is 1.97 bits per heavy atom. The van der Waals surface area contributed by atoms with Gasteiger partial charge in [-0.2, -0.15) is 5.10 Å². The molecular formula is C21H21F2N5O2. The molecule has 1 atom stereocenters. The first-order valence-corrected chi connectivity index (χ1v) is 9.56. The van der Waals surface area contributed by atoms with Gasteiger partial charge in [0.15, 0.2) is 11.6 Å². The van der Waals surface area contributed by atoms with E-state index in [-0.39, 0.29) is 23.2 Å². The van der Waals surface area contributed by atoms with Gasteiger partial charge in [-0.25, -0.2) is 13.5 Å². The van der Waals surface area contributed by atoms with Crippen LogP contribution >= 0.6 is 0 Å². The standard InChI is InChI=1S/C21H21F2N5O2/c22-13-5-8-17(16(23)10-13)30-15-6-3-12(4-7-15)19-18(21(25)29)20(24)28(27-19)14-2-1-9-26-11-14/h3-8,10,14,26H,1-2,9,11,24H2,(H2,25,29)/t14-/m0/s1. The van der Waals surface area contributed by atoms with E-state index in [0.717, 1.165) is 31.5 Å². The Hall–Kier alpha value is -3.46. The summed E-state index contributed by atoms with van der Waals surface area (Å²) in [6, 6.07) is 9.66. The molecule has 1 aliphatic heterocycles. The van der Waals surface area contributed by atoms with Crippen molar-refractivity contribution < 1.29 is 18.3 Å². The normalized spacial score (nSPS) is 16.4. The second-order valence-electron chi connectivity index (χ2n) is 7.12. The van der Waals surface area contributed by atoms with E-state index >= 15 is 0 Å². The number of nitrogens with one attached hydrogen (secondary N) is 1. The summed E-state index contributed by atoms with van der Waals surface area (Å²) in [5, 5.41) is 7.86. The molecule has 3 aromatic rings. The summed E-state index contributed by atoms with van der Waals surface area (Å²) in [7, 11) is 0. The van der Waals surface area contributed by atoms with Gasteiger partial charge in [-0.1, -0.05) is 0 Å². The minimum Gasteiger partial charge on any atom is -0.454 e. The van der Waals surface area contributed by atoms with Crippen LogP contribution in [-0.2, 0) is 0 Å². The first kappa shape index (κ1) is 19.8. The fourth-order valence-electron chi connectivity index (χ4n) is 3.58. The number of carbonyl (C=O) groups excluding carboxylic acids is 1. The third-order valence-electron chi connectivity index (χ3n) is 5.06. The zero-order chi connectivity index (χ0) is 21.3. The molecule has 4 rings (SSSR count). The molecule has 1 amide bonds. The fraction of sp³-hybridized carbons (Fsp3) is 0.238. The Kier molecular flexibility index (Phi) is 5.37. The molecule has 7 nitrogen and oxygen atoms in total. The van der Waals surface area contributed by atoms with Crippen LogP contribution in [-0.4, -0.2) is 28.8 Å². The lowest BCUT2D eigenvalue weighted by Gasteiger charge is -2.23. The first-order chi connectivity index (χ1) is 14.4. The van der Waals surface area contributed by atoms with Crippen molar-refractivity contribution in [3.8, 4) is 22.8 Å². The van der Waals surface area contributed by atoms with Gasteiger partial charge in [-0.05, 0) is 55.8 Å². The van der Waals surface area contributed by atoms with E-state index in [4.69, 9.17) is 16.2 Å². The van der Waals surface area contributed by atoms with Gasteiger partial charge < -0.3 is 21.5 Å². The highest BCUT2D eigenvalue weighted by atomic mass is 19.1. The van der Waals surface area contributed by atoms with E-state index in [9.17, 15) is 13.6 Å². The molecule has 2 heterocycles.